The van der Waals surface area contributed by atoms with Gasteiger partial charge in [0.1, 0.15) is 0 Å². The quantitative estimate of drug-likeness (QED) is 0.927. The van der Waals surface area contributed by atoms with Crippen LogP contribution in [0.4, 0.5) is 0 Å². The van der Waals surface area contributed by atoms with Gasteiger partial charge in [-0.25, -0.2) is 0 Å². The van der Waals surface area contributed by atoms with E-state index in [2.05, 4.69) is 36.3 Å². The van der Waals surface area contributed by atoms with Crippen molar-refractivity contribution in [1.82, 2.24) is 9.78 Å². The van der Waals surface area contributed by atoms with Crippen molar-refractivity contribution in [2.45, 2.75) is 50.7 Å². The second-order valence-corrected chi connectivity index (χ2v) is 5.72. The van der Waals surface area contributed by atoms with E-state index in [1.54, 1.807) is 0 Å². The molecule has 106 valence electrons. The van der Waals surface area contributed by atoms with E-state index in [9.17, 15) is 5.11 Å². The largest absolute Gasteiger partial charge is 0.384 e. The summed E-state index contributed by atoms with van der Waals surface area (Å²) in [5.74, 6) is 0.173. The SMILES string of the molecule is CCn1cc(C2(O)CCCCC2c2ccccc2)cn1. The van der Waals surface area contributed by atoms with Crippen molar-refractivity contribution in [3.63, 3.8) is 0 Å². The molecule has 2 aromatic rings. The van der Waals surface area contributed by atoms with Crippen LogP contribution in [0, 0.1) is 0 Å². The third-order valence-electron chi connectivity index (χ3n) is 4.54. The zero-order valence-corrected chi connectivity index (χ0v) is 12.0. The first-order valence-electron chi connectivity index (χ1n) is 7.54. The Morgan fingerprint density at radius 3 is 2.80 bits per heavy atom. The molecule has 1 heterocycles. The van der Waals surface area contributed by atoms with Gasteiger partial charge in [0.25, 0.3) is 0 Å². The van der Waals surface area contributed by atoms with Crippen LogP contribution < -0.4 is 0 Å². The molecule has 0 aliphatic heterocycles. The third kappa shape index (κ3) is 2.27. The summed E-state index contributed by atoms with van der Waals surface area (Å²) in [5, 5.41) is 15.7. The molecule has 2 atom stereocenters. The maximum absolute atomic E-state index is 11.3. The van der Waals surface area contributed by atoms with E-state index in [1.165, 1.54) is 12.0 Å². The van der Waals surface area contributed by atoms with Crippen molar-refractivity contribution >= 4 is 0 Å². The summed E-state index contributed by atoms with van der Waals surface area (Å²) < 4.78 is 1.89. The zero-order valence-electron chi connectivity index (χ0n) is 12.0. The maximum Gasteiger partial charge on any atom is 0.0994 e. The monoisotopic (exact) mass is 270 g/mol. The minimum atomic E-state index is -0.771. The van der Waals surface area contributed by atoms with Crippen molar-refractivity contribution in [2.24, 2.45) is 0 Å². The van der Waals surface area contributed by atoms with Crippen LogP contribution in [0.5, 0.6) is 0 Å². The average Bonchev–Trinajstić information content (AvgIpc) is 2.98. The van der Waals surface area contributed by atoms with E-state index in [1.807, 2.05) is 23.1 Å². The Balaban J connectivity index is 1.99. The molecule has 1 aliphatic carbocycles. The molecule has 0 bridgehead atoms. The lowest BCUT2D eigenvalue weighted by atomic mass is 9.69. The van der Waals surface area contributed by atoms with E-state index >= 15 is 0 Å². The van der Waals surface area contributed by atoms with Crippen LogP contribution in [0.1, 0.15) is 49.7 Å². The van der Waals surface area contributed by atoms with Gasteiger partial charge in [0.2, 0.25) is 0 Å². The fraction of sp³-hybridized carbons (Fsp3) is 0.471. The van der Waals surface area contributed by atoms with Gasteiger partial charge < -0.3 is 5.11 Å². The standard InChI is InChI=1S/C17H22N2O/c1-2-19-13-15(12-18-19)17(20)11-7-6-10-16(17)14-8-4-3-5-9-14/h3-5,8-9,12-13,16,20H,2,6-7,10-11H2,1H3. The molecule has 1 fully saturated rings. The van der Waals surface area contributed by atoms with Gasteiger partial charge in [-0.3, -0.25) is 4.68 Å². The van der Waals surface area contributed by atoms with Gasteiger partial charge in [0.15, 0.2) is 0 Å². The van der Waals surface area contributed by atoms with Gasteiger partial charge in [-0.15, -0.1) is 0 Å². The molecule has 3 rings (SSSR count). The lowest BCUT2D eigenvalue weighted by Gasteiger charge is -2.40. The number of nitrogens with zero attached hydrogens (tertiary/aromatic N) is 2. The highest BCUT2D eigenvalue weighted by molar-refractivity contribution is 5.29. The van der Waals surface area contributed by atoms with E-state index in [0.717, 1.165) is 31.4 Å². The number of rotatable bonds is 3. The third-order valence-corrected chi connectivity index (χ3v) is 4.54. The Morgan fingerprint density at radius 2 is 2.10 bits per heavy atom. The molecule has 20 heavy (non-hydrogen) atoms. The second-order valence-electron chi connectivity index (χ2n) is 5.72. The first-order chi connectivity index (χ1) is 9.74. The van der Waals surface area contributed by atoms with Gasteiger partial charge in [0, 0.05) is 24.2 Å². The van der Waals surface area contributed by atoms with Gasteiger partial charge in [-0.05, 0) is 25.3 Å². The first kappa shape index (κ1) is 13.4. The summed E-state index contributed by atoms with van der Waals surface area (Å²) in [6, 6.07) is 10.4. The Kier molecular flexibility index (Phi) is 3.62. The number of benzene rings is 1. The number of aryl methyl sites for hydroxylation is 1. The lowest BCUT2D eigenvalue weighted by molar-refractivity contribution is -0.0225. The van der Waals surface area contributed by atoms with Crippen molar-refractivity contribution in [3.05, 3.63) is 53.9 Å². The molecule has 0 amide bonds. The van der Waals surface area contributed by atoms with Gasteiger partial charge in [0.05, 0.1) is 11.8 Å². The van der Waals surface area contributed by atoms with Crippen LogP contribution in [0.2, 0.25) is 0 Å². The van der Waals surface area contributed by atoms with Crippen molar-refractivity contribution < 1.29 is 5.11 Å². The summed E-state index contributed by atoms with van der Waals surface area (Å²) in [5.41, 5.74) is 1.43. The van der Waals surface area contributed by atoms with Crippen molar-refractivity contribution in [2.75, 3.05) is 0 Å². The van der Waals surface area contributed by atoms with E-state index in [-0.39, 0.29) is 5.92 Å². The molecule has 1 aliphatic rings. The van der Waals surface area contributed by atoms with Crippen LogP contribution in [-0.4, -0.2) is 14.9 Å². The second kappa shape index (κ2) is 5.41. The van der Waals surface area contributed by atoms with Crippen LogP contribution >= 0.6 is 0 Å². The van der Waals surface area contributed by atoms with Gasteiger partial charge in [-0.1, -0.05) is 43.2 Å². The van der Waals surface area contributed by atoms with E-state index < -0.39 is 5.60 Å². The smallest absolute Gasteiger partial charge is 0.0994 e. The highest BCUT2D eigenvalue weighted by Gasteiger charge is 2.41. The Labute approximate surface area is 120 Å². The van der Waals surface area contributed by atoms with E-state index in [0.29, 0.717) is 0 Å². The van der Waals surface area contributed by atoms with Crippen LogP contribution in [0.3, 0.4) is 0 Å². The van der Waals surface area contributed by atoms with E-state index in [4.69, 9.17) is 0 Å². The zero-order chi connectivity index (χ0) is 14.0. The Bertz CT molecular complexity index is 563. The summed E-state index contributed by atoms with van der Waals surface area (Å²) >= 11 is 0. The fourth-order valence-electron chi connectivity index (χ4n) is 3.39. The molecule has 3 heteroatoms. The first-order valence-corrected chi connectivity index (χ1v) is 7.54. The summed E-state index contributed by atoms with van der Waals surface area (Å²) in [6.07, 6.45) is 7.97. The summed E-state index contributed by atoms with van der Waals surface area (Å²) in [6.45, 7) is 2.91. The number of hydrogen-bond donors (Lipinski definition) is 1. The molecule has 0 spiro atoms. The van der Waals surface area contributed by atoms with Crippen LogP contribution in [-0.2, 0) is 12.1 Å². The molecular formula is C17H22N2O. The van der Waals surface area contributed by atoms with Crippen molar-refractivity contribution in [3.8, 4) is 0 Å². The molecule has 0 saturated heterocycles. The molecule has 2 unspecified atom stereocenters. The summed E-state index contributed by atoms with van der Waals surface area (Å²) in [4.78, 5) is 0. The van der Waals surface area contributed by atoms with Gasteiger partial charge >= 0.3 is 0 Å². The van der Waals surface area contributed by atoms with Crippen LogP contribution in [0.25, 0.3) is 0 Å². The van der Waals surface area contributed by atoms with Gasteiger partial charge in [-0.2, -0.15) is 5.10 Å². The highest BCUT2D eigenvalue weighted by Crippen LogP contribution is 2.47. The molecule has 0 radical (unpaired) electrons. The number of hydrogen-bond acceptors (Lipinski definition) is 2. The molecule has 3 nitrogen and oxygen atoms in total. The number of aliphatic hydroxyl groups is 1. The predicted octanol–water partition coefficient (Wildman–Crippen LogP) is 3.45. The minimum Gasteiger partial charge on any atom is -0.384 e. The average molecular weight is 270 g/mol. The summed E-state index contributed by atoms with van der Waals surface area (Å²) in [7, 11) is 0. The molecule has 1 saturated carbocycles. The fourth-order valence-corrected chi connectivity index (χ4v) is 3.39. The molecular weight excluding hydrogens is 248 g/mol. The predicted molar refractivity (Wildman–Crippen MR) is 79.4 cm³/mol. The van der Waals surface area contributed by atoms with Crippen LogP contribution in [0.15, 0.2) is 42.7 Å². The molecule has 1 aromatic carbocycles. The molecule has 1 aromatic heterocycles. The normalized spacial score (nSPS) is 26.6. The molecule has 1 N–H and O–H groups in total. The lowest BCUT2D eigenvalue weighted by Crippen LogP contribution is -2.36. The minimum absolute atomic E-state index is 0.173. The highest BCUT2D eigenvalue weighted by atomic mass is 16.3. The number of aromatic nitrogens is 2. The Morgan fingerprint density at radius 1 is 1.30 bits per heavy atom. The topological polar surface area (TPSA) is 38.0 Å². The van der Waals surface area contributed by atoms with Crippen molar-refractivity contribution in [1.29, 1.82) is 0 Å². The Hall–Kier alpha value is -1.61. The maximum atomic E-state index is 11.3.